The highest BCUT2D eigenvalue weighted by atomic mass is 16.6. The summed E-state index contributed by atoms with van der Waals surface area (Å²) in [6, 6.07) is 3.20. The Balaban J connectivity index is 2.64. The Morgan fingerprint density at radius 1 is 1.56 bits per heavy atom. The summed E-state index contributed by atoms with van der Waals surface area (Å²) in [6.45, 7) is 9.00. The number of hydrogen-bond donors (Lipinski definition) is 2. The van der Waals surface area contributed by atoms with E-state index < -0.39 is 11.7 Å². The standard InChI is InChI=1S/C13H19N3O2/c1-5-10(14)9-6-7-11(15-8-9)16-12(17)18-13(2,3)4/h5-8,10H,1,14H2,2-4H3,(H,15,16,17)/t10-/m0/s1. The second kappa shape index (κ2) is 5.64. The third-order valence-electron chi connectivity index (χ3n) is 2.05. The van der Waals surface area contributed by atoms with Gasteiger partial charge in [0.15, 0.2) is 0 Å². The van der Waals surface area contributed by atoms with Crippen LogP contribution >= 0.6 is 0 Å². The predicted molar refractivity (Wildman–Crippen MR) is 71.2 cm³/mol. The summed E-state index contributed by atoms with van der Waals surface area (Å²) >= 11 is 0. The monoisotopic (exact) mass is 249 g/mol. The van der Waals surface area contributed by atoms with Crippen LogP contribution in [0.5, 0.6) is 0 Å². The number of aromatic nitrogens is 1. The van der Waals surface area contributed by atoms with Crippen molar-refractivity contribution in [3.63, 3.8) is 0 Å². The quantitative estimate of drug-likeness (QED) is 0.807. The molecule has 0 aliphatic carbocycles. The van der Waals surface area contributed by atoms with Gasteiger partial charge in [0, 0.05) is 12.2 Å². The Morgan fingerprint density at radius 3 is 2.67 bits per heavy atom. The molecule has 0 radical (unpaired) electrons. The van der Waals surface area contributed by atoms with Gasteiger partial charge in [-0.25, -0.2) is 9.78 Å². The van der Waals surface area contributed by atoms with Crippen molar-refractivity contribution in [2.45, 2.75) is 32.4 Å². The van der Waals surface area contributed by atoms with Gasteiger partial charge in [-0.1, -0.05) is 12.1 Å². The Bertz CT molecular complexity index is 421. The molecule has 0 bridgehead atoms. The van der Waals surface area contributed by atoms with E-state index in [1.807, 2.05) is 0 Å². The number of carbonyl (C=O) groups is 1. The van der Waals surface area contributed by atoms with E-state index in [-0.39, 0.29) is 6.04 Å². The van der Waals surface area contributed by atoms with Crippen LogP contribution in [-0.2, 0) is 4.74 Å². The SMILES string of the molecule is C=C[C@H](N)c1ccc(NC(=O)OC(C)(C)C)nc1. The zero-order chi connectivity index (χ0) is 13.8. The first kappa shape index (κ1) is 14.2. The lowest BCUT2D eigenvalue weighted by atomic mass is 10.1. The Labute approximate surface area is 107 Å². The fourth-order valence-electron chi connectivity index (χ4n) is 1.22. The maximum Gasteiger partial charge on any atom is 0.413 e. The molecule has 0 unspecified atom stereocenters. The first-order chi connectivity index (χ1) is 8.31. The molecule has 18 heavy (non-hydrogen) atoms. The van der Waals surface area contributed by atoms with Crippen molar-refractivity contribution in [3.05, 3.63) is 36.5 Å². The third kappa shape index (κ3) is 4.55. The Hall–Kier alpha value is -1.88. The normalized spacial score (nSPS) is 12.7. The van der Waals surface area contributed by atoms with E-state index in [0.29, 0.717) is 5.82 Å². The van der Waals surface area contributed by atoms with Gasteiger partial charge in [0.05, 0.1) is 0 Å². The molecule has 5 heteroatoms. The van der Waals surface area contributed by atoms with Gasteiger partial charge in [0.1, 0.15) is 11.4 Å². The van der Waals surface area contributed by atoms with E-state index in [1.165, 1.54) is 0 Å². The number of hydrogen-bond acceptors (Lipinski definition) is 4. The minimum Gasteiger partial charge on any atom is -0.444 e. The number of pyridine rings is 1. The van der Waals surface area contributed by atoms with Crippen molar-refractivity contribution >= 4 is 11.9 Å². The van der Waals surface area contributed by atoms with Crippen LogP contribution in [-0.4, -0.2) is 16.7 Å². The van der Waals surface area contributed by atoms with Crippen LogP contribution in [0.1, 0.15) is 32.4 Å². The molecule has 0 saturated carbocycles. The van der Waals surface area contributed by atoms with Crippen LogP contribution in [0, 0.1) is 0 Å². The molecule has 1 aromatic rings. The average molecular weight is 249 g/mol. The summed E-state index contributed by atoms with van der Waals surface area (Å²) in [4.78, 5) is 15.6. The zero-order valence-corrected chi connectivity index (χ0v) is 10.9. The van der Waals surface area contributed by atoms with Gasteiger partial charge in [-0.3, -0.25) is 5.32 Å². The van der Waals surface area contributed by atoms with Crippen LogP contribution in [0.25, 0.3) is 0 Å². The molecule has 0 aliphatic heterocycles. The van der Waals surface area contributed by atoms with E-state index in [1.54, 1.807) is 45.2 Å². The predicted octanol–water partition coefficient (Wildman–Crippen LogP) is 2.61. The largest absolute Gasteiger partial charge is 0.444 e. The molecule has 0 aromatic carbocycles. The van der Waals surface area contributed by atoms with E-state index in [4.69, 9.17) is 10.5 Å². The lowest BCUT2D eigenvalue weighted by Crippen LogP contribution is -2.27. The lowest BCUT2D eigenvalue weighted by Gasteiger charge is -2.19. The van der Waals surface area contributed by atoms with E-state index in [2.05, 4.69) is 16.9 Å². The maximum absolute atomic E-state index is 11.5. The molecule has 1 atom stereocenters. The topological polar surface area (TPSA) is 77.2 Å². The van der Waals surface area contributed by atoms with Gasteiger partial charge in [0.25, 0.3) is 0 Å². The summed E-state index contributed by atoms with van der Waals surface area (Å²) in [6.07, 6.45) is 2.69. The fraction of sp³-hybridized carbons (Fsp3) is 0.385. The van der Waals surface area contributed by atoms with Crippen LogP contribution in [0.2, 0.25) is 0 Å². The lowest BCUT2D eigenvalue weighted by molar-refractivity contribution is 0.0635. The maximum atomic E-state index is 11.5. The summed E-state index contributed by atoms with van der Waals surface area (Å²) < 4.78 is 5.11. The number of anilines is 1. The smallest absolute Gasteiger partial charge is 0.413 e. The number of nitrogens with two attached hydrogens (primary N) is 1. The highest BCUT2D eigenvalue weighted by Gasteiger charge is 2.16. The van der Waals surface area contributed by atoms with Crippen LogP contribution in [0.15, 0.2) is 31.0 Å². The van der Waals surface area contributed by atoms with Gasteiger partial charge in [0.2, 0.25) is 0 Å². The fourth-order valence-corrected chi connectivity index (χ4v) is 1.22. The molecule has 0 aliphatic rings. The summed E-state index contributed by atoms with van der Waals surface area (Å²) in [7, 11) is 0. The molecule has 1 rings (SSSR count). The van der Waals surface area contributed by atoms with Crippen LogP contribution in [0.3, 0.4) is 0 Å². The van der Waals surface area contributed by atoms with Gasteiger partial charge in [-0.15, -0.1) is 6.58 Å². The van der Waals surface area contributed by atoms with Crippen molar-refractivity contribution in [1.82, 2.24) is 4.98 Å². The van der Waals surface area contributed by atoms with Gasteiger partial charge in [-0.05, 0) is 32.4 Å². The molecular formula is C13H19N3O2. The number of nitrogens with zero attached hydrogens (tertiary/aromatic N) is 1. The third-order valence-corrected chi connectivity index (χ3v) is 2.05. The van der Waals surface area contributed by atoms with Crippen molar-refractivity contribution in [3.8, 4) is 0 Å². The molecule has 1 aromatic heterocycles. The summed E-state index contributed by atoms with van der Waals surface area (Å²) in [5.74, 6) is 0.421. The van der Waals surface area contributed by atoms with Gasteiger partial charge >= 0.3 is 6.09 Å². The van der Waals surface area contributed by atoms with Crippen molar-refractivity contribution in [2.75, 3.05) is 5.32 Å². The molecule has 1 heterocycles. The minimum absolute atomic E-state index is 0.256. The highest BCUT2D eigenvalue weighted by Crippen LogP contribution is 2.13. The molecule has 98 valence electrons. The van der Waals surface area contributed by atoms with Crippen LogP contribution < -0.4 is 11.1 Å². The van der Waals surface area contributed by atoms with Gasteiger partial charge in [-0.2, -0.15) is 0 Å². The minimum atomic E-state index is -0.533. The molecule has 1 amide bonds. The first-order valence-corrected chi connectivity index (χ1v) is 5.66. The molecule has 0 fully saturated rings. The van der Waals surface area contributed by atoms with E-state index in [0.717, 1.165) is 5.56 Å². The number of ether oxygens (including phenoxy) is 1. The number of nitrogens with one attached hydrogen (secondary N) is 1. The highest BCUT2D eigenvalue weighted by molar-refractivity contribution is 5.83. The first-order valence-electron chi connectivity index (χ1n) is 5.66. The number of rotatable bonds is 3. The molecule has 3 N–H and O–H groups in total. The van der Waals surface area contributed by atoms with Crippen molar-refractivity contribution < 1.29 is 9.53 Å². The molecule has 0 spiro atoms. The molecule has 0 saturated heterocycles. The Kier molecular flexibility index (Phi) is 4.44. The number of carbonyl (C=O) groups excluding carboxylic acids is 1. The van der Waals surface area contributed by atoms with Crippen molar-refractivity contribution in [1.29, 1.82) is 0 Å². The average Bonchev–Trinajstić information content (AvgIpc) is 2.26. The second-order valence-corrected chi connectivity index (χ2v) is 4.87. The summed E-state index contributed by atoms with van der Waals surface area (Å²) in [5.41, 5.74) is 6.06. The summed E-state index contributed by atoms with van der Waals surface area (Å²) in [5, 5.41) is 2.54. The molecule has 5 nitrogen and oxygen atoms in total. The van der Waals surface area contributed by atoms with Crippen LogP contribution in [0.4, 0.5) is 10.6 Å². The Morgan fingerprint density at radius 2 is 2.22 bits per heavy atom. The van der Waals surface area contributed by atoms with E-state index >= 15 is 0 Å². The number of amides is 1. The van der Waals surface area contributed by atoms with E-state index in [9.17, 15) is 4.79 Å². The van der Waals surface area contributed by atoms with Gasteiger partial charge < -0.3 is 10.5 Å². The molecular weight excluding hydrogens is 230 g/mol. The zero-order valence-electron chi connectivity index (χ0n) is 10.9. The van der Waals surface area contributed by atoms with Crippen molar-refractivity contribution in [2.24, 2.45) is 5.73 Å². The second-order valence-electron chi connectivity index (χ2n) is 4.87.